The van der Waals surface area contributed by atoms with Gasteiger partial charge in [-0.05, 0) is 25.8 Å². The van der Waals surface area contributed by atoms with Gasteiger partial charge in [-0.25, -0.2) is 4.98 Å². The highest BCUT2D eigenvalue weighted by molar-refractivity contribution is 5.84. The molecule has 1 saturated carbocycles. The normalized spacial score (nSPS) is 22.9. The largest absolute Gasteiger partial charge is 0.472 e. The molecular weight excluding hydrogens is 280 g/mol. The van der Waals surface area contributed by atoms with E-state index in [2.05, 4.69) is 4.98 Å². The monoisotopic (exact) mass is 302 g/mol. The van der Waals surface area contributed by atoms with Gasteiger partial charge in [-0.15, -0.1) is 0 Å². The first-order valence-electron chi connectivity index (χ1n) is 8.02. The number of nitrogens with zero attached hydrogens (tertiary/aromatic N) is 2. The van der Waals surface area contributed by atoms with Gasteiger partial charge in [0.25, 0.3) is 0 Å². The van der Waals surface area contributed by atoms with Crippen LogP contribution in [0, 0.1) is 12.8 Å². The van der Waals surface area contributed by atoms with Crippen molar-refractivity contribution in [2.75, 3.05) is 13.1 Å². The number of carbonyl (C=O) groups is 2. The number of aryl methyl sites for hydroxylation is 1. The first kappa shape index (κ1) is 15.0. The van der Waals surface area contributed by atoms with E-state index in [0.29, 0.717) is 38.1 Å². The van der Waals surface area contributed by atoms with E-state index in [1.54, 1.807) is 0 Å². The molecule has 1 unspecified atom stereocenters. The molecule has 3 rings (SSSR count). The third-order valence-corrected chi connectivity index (χ3v) is 4.50. The summed E-state index contributed by atoms with van der Waals surface area (Å²) in [6, 6.07) is 5.71. The minimum absolute atomic E-state index is 0.0171. The number of aromatic nitrogens is 1. The highest BCUT2D eigenvalue weighted by Crippen LogP contribution is 2.26. The predicted molar refractivity (Wildman–Crippen MR) is 81.6 cm³/mol. The lowest BCUT2D eigenvalue weighted by atomic mass is 9.87. The van der Waals surface area contributed by atoms with Crippen molar-refractivity contribution in [1.29, 1.82) is 0 Å². The van der Waals surface area contributed by atoms with Crippen molar-refractivity contribution < 1.29 is 14.3 Å². The van der Waals surface area contributed by atoms with Gasteiger partial charge in [0.2, 0.25) is 11.8 Å². The number of rotatable bonds is 3. The lowest BCUT2D eigenvalue weighted by Crippen LogP contribution is -2.37. The van der Waals surface area contributed by atoms with E-state index in [4.69, 9.17) is 4.74 Å². The lowest BCUT2D eigenvalue weighted by Gasteiger charge is -2.25. The lowest BCUT2D eigenvalue weighted by molar-refractivity contribution is -0.136. The molecule has 1 aliphatic heterocycles. The molecule has 0 radical (unpaired) electrons. The van der Waals surface area contributed by atoms with Crippen molar-refractivity contribution in [1.82, 2.24) is 9.88 Å². The summed E-state index contributed by atoms with van der Waals surface area (Å²) in [5.41, 5.74) is 0.926. The molecular formula is C17H22N2O3. The number of carbonyl (C=O) groups excluding carboxylic acids is 2. The van der Waals surface area contributed by atoms with E-state index in [-0.39, 0.29) is 23.7 Å². The van der Waals surface area contributed by atoms with Crippen molar-refractivity contribution in [3.63, 3.8) is 0 Å². The van der Waals surface area contributed by atoms with Gasteiger partial charge in [0.15, 0.2) is 0 Å². The Labute approximate surface area is 130 Å². The molecule has 22 heavy (non-hydrogen) atoms. The Kier molecular flexibility index (Phi) is 4.41. The molecule has 2 aliphatic rings. The second-order valence-corrected chi connectivity index (χ2v) is 6.24. The molecule has 118 valence electrons. The van der Waals surface area contributed by atoms with E-state index in [1.165, 1.54) is 0 Å². The average Bonchev–Trinajstić information content (AvgIpc) is 2.96. The van der Waals surface area contributed by atoms with Crippen LogP contribution in [0.15, 0.2) is 18.2 Å². The number of hydrogen-bond donors (Lipinski definition) is 0. The fourth-order valence-corrected chi connectivity index (χ4v) is 3.22. The Morgan fingerprint density at radius 2 is 2.05 bits per heavy atom. The van der Waals surface area contributed by atoms with Crippen LogP contribution < -0.4 is 4.74 Å². The van der Waals surface area contributed by atoms with Crippen LogP contribution in [-0.4, -0.2) is 40.8 Å². The van der Waals surface area contributed by atoms with Gasteiger partial charge in [-0.3, -0.25) is 9.59 Å². The van der Waals surface area contributed by atoms with Crippen LogP contribution in [0.4, 0.5) is 0 Å². The second kappa shape index (κ2) is 6.46. The summed E-state index contributed by atoms with van der Waals surface area (Å²) < 4.78 is 5.88. The maximum absolute atomic E-state index is 12.5. The van der Waals surface area contributed by atoms with Gasteiger partial charge in [0, 0.05) is 43.5 Å². The topological polar surface area (TPSA) is 59.5 Å². The van der Waals surface area contributed by atoms with Crippen molar-refractivity contribution in [3.8, 4) is 5.88 Å². The van der Waals surface area contributed by atoms with Gasteiger partial charge >= 0.3 is 0 Å². The van der Waals surface area contributed by atoms with E-state index in [1.807, 2.05) is 30.0 Å². The summed E-state index contributed by atoms with van der Waals surface area (Å²) in [6.45, 7) is 3.29. The smallest absolute Gasteiger partial charge is 0.225 e. The van der Waals surface area contributed by atoms with Crippen molar-refractivity contribution in [2.45, 2.75) is 45.1 Å². The zero-order valence-electron chi connectivity index (χ0n) is 13.0. The molecule has 5 nitrogen and oxygen atoms in total. The van der Waals surface area contributed by atoms with Crippen LogP contribution in [0.5, 0.6) is 5.88 Å². The number of ketones is 1. The van der Waals surface area contributed by atoms with Crippen molar-refractivity contribution in [3.05, 3.63) is 23.9 Å². The standard InChI is InChI=1S/C17H22N2O3/c1-12-3-2-4-16(18-12)22-15-9-10-19(11-15)17(21)13-5-7-14(20)8-6-13/h2-4,13,15H,5-11H2,1H3. The van der Waals surface area contributed by atoms with E-state index in [9.17, 15) is 9.59 Å². The van der Waals surface area contributed by atoms with E-state index in [0.717, 1.165) is 18.7 Å². The number of hydrogen-bond acceptors (Lipinski definition) is 4. The first-order valence-corrected chi connectivity index (χ1v) is 8.02. The zero-order chi connectivity index (χ0) is 15.5. The molecule has 0 bridgehead atoms. The molecule has 1 aromatic heterocycles. The highest BCUT2D eigenvalue weighted by atomic mass is 16.5. The minimum Gasteiger partial charge on any atom is -0.472 e. The van der Waals surface area contributed by atoms with Crippen LogP contribution in [0.1, 0.15) is 37.8 Å². The van der Waals surface area contributed by atoms with Crippen LogP contribution in [0.3, 0.4) is 0 Å². The number of Topliss-reactive ketones (excluding diaryl/α,β-unsaturated/α-hetero) is 1. The number of amides is 1. The molecule has 1 saturated heterocycles. The maximum Gasteiger partial charge on any atom is 0.225 e. The molecule has 0 spiro atoms. The third-order valence-electron chi connectivity index (χ3n) is 4.50. The molecule has 1 amide bonds. The summed E-state index contributed by atoms with van der Waals surface area (Å²) in [7, 11) is 0. The highest BCUT2D eigenvalue weighted by Gasteiger charge is 2.33. The Balaban J connectivity index is 1.53. The molecule has 2 fully saturated rings. The number of ether oxygens (including phenoxy) is 1. The summed E-state index contributed by atoms with van der Waals surface area (Å²) in [4.78, 5) is 30.0. The minimum atomic E-state index is 0.0171. The fourth-order valence-electron chi connectivity index (χ4n) is 3.22. The van der Waals surface area contributed by atoms with Gasteiger partial charge in [0.05, 0.1) is 6.54 Å². The van der Waals surface area contributed by atoms with Gasteiger partial charge in [-0.2, -0.15) is 0 Å². The van der Waals surface area contributed by atoms with Crippen molar-refractivity contribution in [2.24, 2.45) is 5.92 Å². The summed E-state index contributed by atoms with van der Waals surface area (Å²) in [6.07, 6.45) is 3.38. The van der Waals surface area contributed by atoms with Crippen LogP contribution in [-0.2, 0) is 9.59 Å². The molecule has 1 atom stereocenters. The number of likely N-dealkylation sites (tertiary alicyclic amines) is 1. The van der Waals surface area contributed by atoms with Crippen LogP contribution in [0.2, 0.25) is 0 Å². The third kappa shape index (κ3) is 3.46. The Hall–Kier alpha value is -1.91. The average molecular weight is 302 g/mol. The molecule has 5 heteroatoms. The summed E-state index contributed by atoms with van der Waals surface area (Å²) in [5.74, 6) is 1.13. The SMILES string of the molecule is Cc1cccc(OC2CCN(C(=O)C3CCC(=O)CC3)C2)n1. The van der Waals surface area contributed by atoms with E-state index < -0.39 is 0 Å². The predicted octanol–water partition coefficient (Wildman–Crippen LogP) is 2.13. The Morgan fingerprint density at radius 1 is 1.27 bits per heavy atom. The molecule has 0 aromatic carbocycles. The molecule has 0 N–H and O–H groups in total. The molecule has 1 aliphatic carbocycles. The van der Waals surface area contributed by atoms with Crippen LogP contribution >= 0.6 is 0 Å². The van der Waals surface area contributed by atoms with Gasteiger partial charge in [0.1, 0.15) is 11.9 Å². The maximum atomic E-state index is 12.5. The van der Waals surface area contributed by atoms with Crippen molar-refractivity contribution >= 4 is 11.7 Å². The molecule has 1 aromatic rings. The fraction of sp³-hybridized carbons (Fsp3) is 0.588. The Morgan fingerprint density at radius 3 is 2.77 bits per heavy atom. The second-order valence-electron chi connectivity index (χ2n) is 6.24. The molecule has 2 heterocycles. The number of pyridine rings is 1. The van der Waals surface area contributed by atoms with Gasteiger partial charge in [-0.1, -0.05) is 6.07 Å². The van der Waals surface area contributed by atoms with E-state index >= 15 is 0 Å². The summed E-state index contributed by atoms with van der Waals surface area (Å²) in [5, 5.41) is 0. The summed E-state index contributed by atoms with van der Waals surface area (Å²) >= 11 is 0. The quantitative estimate of drug-likeness (QED) is 0.858. The zero-order valence-corrected chi connectivity index (χ0v) is 13.0. The first-order chi connectivity index (χ1) is 10.6. The Bertz CT molecular complexity index is 563. The van der Waals surface area contributed by atoms with Gasteiger partial charge < -0.3 is 9.64 Å². The van der Waals surface area contributed by atoms with Crippen LogP contribution in [0.25, 0.3) is 0 Å².